The first-order valence-corrected chi connectivity index (χ1v) is 7.91. The Kier molecular flexibility index (Phi) is 5.18. The lowest BCUT2D eigenvalue weighted by Crippen LogP contribution is -2.25. The maximum Gasteiger partial charge on any atom is 0.273 e. The number of aliphatic hydroxyl groups excluding tert-OH is 1. The van der Waals surface area contributed by atoms with E-state index in [1.54, 1.807) is 6.07 Å². The van der Waals surface area contributed by atoms with Crippen molar-refractivity contribution in [2.45, 2.75) is 19.6 Å². The van der Waals surface area contributed by atoms with E-state index in [0.717, 1.165) is 11.1 Å². The average molecular weight is 355 g/mol. The smallest absolute Gasteiger partial charge is 0.273 e. The van der Waals surface area contributed by atoms with E-state index in [1.807, 2.05) is 31.2 Å². The monoisotopic (exact) mass is 355 g/mol. The summed E-state index contributed by atoms with van der Waals surface area (Å²) in [4.78, 5) is 11.5. The topological polar surface area (TPSA) is 116 Å². The fraction of sp³-hybridized carbons (Fsp3) is 0.235. The fourth-order valence-electron chi connectivity index (χ4n) is 2.26. The Bertz CT molecular complexity index is 894. The van der Waals surface area contributed by atoms with Crippen molar-refractivity contribution in [1.82, 2.24) is 20.2 Å². The summed E-state index contributed by atoms with van der Waals surface area (Å²) in [5, 5.41) is 32.9. The van der Waals surface area contributed by atoms with Crippen molar-refractivity contribution in [3.63, 3.8) is 0 Å². The predicted molar refractivity (Wildman–Crippen MR) is 92.6 cm³/mol. The van der Waals surface area contributed by atoms with Crippen LogP contribution in [0.1, 0.15) is 5.56 Å². The van der Waals surface area contributed by atoms with E-state index in [4.69, 9.17) is 4.74 Å². The van der Waals surface area contributed by atoms with Gasteiger partial charge in [-0.2, -0.15) is 4.80 Å². The zero-order valence-corrected chi connectivity index (χ0v) is 14.0. The van der Waals surface area contributed by atoms with Crippen molar-refractivity contribution in [2.75, 3.05) is 6.61 Å². The van der Waals surface area contributed by atoms with E-state index in [1.165, 1.54) is 23.0 Å². The molecule has 1 aromatic heterocycles. The summed E-state index contributed by atoms with van der Waals surface area (Å²) in [6.45, 7) is 2.03. The van der Waals surface area contributed by atoms with Crippen molar-refractivity contribution in [2.24, 2.45) is 0 Å². The number of aryl methyl sites for hydroxylation is 1. The molecule has 3 rings (SSSR count). The van der Waals surface area contributed by atoms with Gasteiger partial charge in [-0.1, -0.05) is 35.9 Å². The number of benzene rings is 2. The van der Waals surface area contributed by atoms with Gasteiger partial charge in [0.25, 0.3) is 5.69 Å². The highest BCUT2D eigenvalue weighted by molar-refractivity contribution is 5.53. The molecule has 0 bridgehead atoms. The molecule has 0 fully saturated rings. The van der Waals surface area contributed by atoms with Crippen LogP contribution in [-0.2, 0) is 6.54 Å². The van der Waals surface area contributed by atoms with Crippen LogP contribution in [0.2, 0.25) is 0 Å². The third-order valence-corrected chi connectivity index (χ3v) is 3.61. The Morgan fingerprint density at radius 2 is 2.04 bits per heavy atom. The molecule has 0 aliphatic rings. The van der Waals surface area contributed by atoms with Gasteiger partial charge in [-0.05, 0) is 18.2 Å². The summed E-state index contributed by atoms with van der Waals surface area (Å²) in [5.41, 5.74) is 1.90. The molecule has 0 saturated heterocycles. The van der Waals surface area contributed by atoms with Crippen molar-refractivity contribution in [1.29, 1.82) is 0 Å². The zero-order chi connectivity index (χ0) is 18.5. The molecule has 0 unspecified atom stereocenters. The van der Waals surface area contributed by atoms with Gasteiger partial charge in [0.15, 0.2) is 0 Å². The number of rotatable bonds is 7. The van der Waals surface area contributed by atoms with Gasteiger partial charge in [0.2, 0.25) is 5.82 Å². The molecule has 26 heavy (non-hydrogen) atoms. The highest BCUT2D eigenvalue weighted by Crippen LogP contribution is 2.19. The Balaban J connectivity index is 1.57. The molecule has 0 aliphatic heterocycles. The van der Waals surface area contributed by atoms with Crippen LogP contribution in [0, 0.1) is 17.0 Å². The lowest BCUT2D eigenvalue weighted by atomic mass is 10.1. The molecule has 2 aromatic carbocycles. The van der Waals surface area contributed by atoms with Crippen LogP contribution in [0.4, 0.5) is 5.69 Å². The van der Waals surface area contributed by atoms with Crippen molar-refractivity contribution < 1.29 is 14.8 Å². The minimum atomic E-state index is -0.894. The summed E-state index contributed by atoms with van der Waals surface area (Å²) in [7, 11) is 0. The first-order valence-electron chi connectivity index (χ1n) is 7.91. The van der Waals surface area contributed by atoms with E-state index in [0.29, 0.717) is 11.6 Å². The number of hydrogen-bond acceptors (Lipinski definition) is 7. The minimum Gasteiger partial charge on any atom is -0.491 e. The Morgan fingerprint density at radius 3 is 2.77 bits per heavy atom. The number of nitrogens with zero attached hydrogens (tertiary/aromatic N) is 5. The summed E-state index contributed by atoms with van der Waals surface area (Å²) >= 11 is 0. The number of hydrogen-bond donors (Lipinski definition) is 1. The van der Waals surface area contributed by atoms with Crippen LogP contribution in [0.5, 0.6) is 5.75 Å². The third-order valence-electron chi connectivity index (χ3n) is 3.61. The highest BCUT2D eigenvalue weighted by atomic mass is 16.6. The number of nitro benzene ring substituents is 1. The molecule has 0 radical (unpaired) electrons. The molecular formula is C17H17N5O4. The fourth-order valence-corrected chi connectivity index (χ4v) is 2.26. The molecule has 3 aromatic rings. The normalized spacial score (nSPS) is 11.9. The standard InChI is InChI=1S/C17H17N5O4/c1-12-5-7-13(8-6-12)17-18-20-21(19-17)10-15(23)11-26-16-4-2-3-14(9-16)22(24)25/h2-9,15,23H,10-11H2,1H3/t15-/m1/s1. The van der Waals surface area contributed by atoms with E-state index in [-0.39, 0.29) is 18.8 Å². The van der Waals surface area contributed by atoms with Crippen molar-refractivity contribution >= 4 is 5.69 Å². The van der Waals surface area contributed by atoms with Crippen molar-refractivity contribution in [3.8, 4) is 17.1 Å². The predicted octanol–water partition coefficient (Wildman–Crippen LogP) is 2.00. The maximum atomic E-state index is 10.7. The van der Waals surface area contributed by atoms with Gasteiger partial charge in [0, 0.05) is 11.6 Å². The second kappa shape index (κ2) is 7.70. The Morgan fingerprint density at radius 1 is 1.27 bits per heavy atom. The number of nitro groups is 1. The lowest BCUT2D eigenvalue weighted by Gasteiger charge is -2.11. The van der Waals surface area contributed by atoms with Crippen LogP contribution in [0.25, 0.3) is 11.4 Å². The second-order valence-corrected chi connectivity index (χ2v) is 5.75. The number of non-ortho nitro benzene ring substituents is 1. The van der Waals surface area contributed by atoms with Gasteiger partial charge >= 0.3 is 0 Å². The van der Waals surface area contributed by atoms with Gasteiger partial charge in [0.1, 0.15) is 18.5 Å². The summed E-state index contributed by atoms with van der Waals surface area (Å²) in [6.07, 6.45) is -0.894. The first-order chi connectivity index (χ1) is 12.5. The maximum absolute atomic E-state index is 10.7. The molecule has 0 saturated carbocycles. The van der Waals surface area contributed by atoms with Crippen LogP contribution in [0.3, 0.4) is 0 Å². The number of ether oxygens (including phenoxy) is 1. The second-order valence-electron chi connectivity index (χ2n) is 5.75. The molecule has 9 nitrogen and oxygen atoms in total. The minimum absolute atomic E-state index is 0.0530. The molecule has 134 valence electrons. The molecular weight excluding hydrogens is 338 g/mol. The quantitative estimate of drug-likeness (QED) is 0.509. The van der Waals surface area contributed by atoms with Gasteiger partial charge in [-0.15, -0.1) is 10.2 Å². The Hall–Kier alpha value is -3.33. The number of tetrazole rings is 1. The summed E-state index contributed by atoms with van der Waals surface area (Å²) in [5.74, 6) is 0.780. The van der Waals surface area contributed by atoms with E-state index >= 15 is 0 Å². The molecule has 0 aliphatic carbocycles. The summed E-state index contributed by atoms with van der Waals surface area (Å²) in [6, 6.07) is 13.5. The molecule has 1 heterocycles. The zero-order valence-electron chi connectivity index (χ0n) is 14.0. The molecule has 1 atom stereocenters. The average Bonchev–Trinajstić information content (AvgIpc) is 3.09. The first kappa shape index (κ1) is 17.5. The number of aliphatic hydroxyl groups is 1. The molecule has 0 spiro atoms. The van der Waals surface area contributed by atoms with Crippen LogP contribution in [-0.4, -0.2) is 42.9 Å². The third kappa shape index (κ3) is 4.39. The Labute approximate surface area is 149 Å². The largest absolute Gasteiger partial charge is 0.491 e. The van der Waals surface area contributed by atoms with Crippen LogP contribution in [0.15, 0.2) is 48.5 Å². The summed E-state index contributed by atoms with van der Waals surface area (Å²) < 4.78 is 5.39. The molecule has 1 N–H and O–H groups in total. The van der Waals surface area contributed by atoms with E-state index < -0.39 is 11.0 Å². The van der Waals surface area contributed by atoms with Crippen molar-refractivity contribution in [3.05, 3.63) is 64.2 Å². The van der Waals surface area contributed by atoms with Gasteiger partial charge in [-0.25, -0.2) is 0 Å². The molecule has 9 heteroatoms. The van der Waals surface area contributed by atoms with E-state index in [9.17, 15) is 15.2 Å². The SMILES string of the molecule is Cc1ccc(-c2nnn(C[C@@H](O)COc3cccc([N+](=O)[O-])c3)n2)cc1. The number of aromatic nitrogens is 4. The van der Waals surface area contributed by atoms with E-state index in [2.05, 4.69) is 15.4 Å². The lowest BCUT2D eigenvalue weighted by molar-refractivity contribution is -0.384. The van der Waals surface area contributed by atoms with Gasteiger partial charge < -0.3 is 9.84 Å². The highest BCUT2D eigenvalue weighted by Gasteiger charge is 2.12. The van der Waals surface area contributed by atoms with Gasteiger partial charge in [-0.3, -0.25) is 10.1 Å². The molecule has 0 amide bonds. The van der Waals surface area contributed by atoms with Gasteiger partial charge in [0.05, 0.1) is 17.5 Å². The van der Waals surface area contributed by atoms with Crippen LogP contribution < -0.4 is 4.74 Å². The van der Waals surface area contributed by atoms with Crippen LogP contribution >= 0.6 is 0 Å².